The number of nitrogens with one attached hydrogen (secondary N) is 1. The Bertz CT molecular complexity index is 830. The molecule has 0 fully saturated rings. The first-order valence-corrected chi connectivity index (χ1v) is 7.99. The zero-order valence-corrected chi connectivity index (χ0v) is 14.3. The zero-order chi connectivity index (χ0) is 16.9. The highest BCUT2D eigenvalue weighted by molar-refractivity contribution is 5.76. The van der Waals surface area contributed by atoms with E-state index in [2.05, 4.69) is 44.9 Å². The molecule has 0 aliphatic carbocycles. The van der Waals surface area contributed by atoms with Crippen molar-refractivity contribution in [3.8, 4) is 11.3 Å². The van der Waals surface area contributed by atoms with Crippen molar-refractivity contribution in [1.82, 2.24) is 19.7 Å². The van der Waals surface area contributed by atoms with Gasteiger partial charge in [0.1, 0.15) is 0 Å². The van der Waals surface area contributed by atoms with Crippen LogP contribution in [0.1, 0.15) is 30.9 Å². The van der Waals surface area contributed by atoms with Gasteiger partial charge in [0.05, 0.1) is 42.3 Å². The van der Waals surface area contributed by atoms with Crippen LogP contribution in [0.2, 0.25) is 0 Å². The van der Waals surface area contributed by atoms with E-state index in [1.54, 1.807) is 7.11 Å². The minimum absolute atomic E-state index is 0.510. The van der Waals surface area contributed by atoms with E-state index in [1.165, 1.54) is 5.57 Å². The SMILES string of the molecule is CC=C(C)c1c(-c2ccccc2)ncn1Cc1cc(COC)n[nH]1. The number of aromatic amines is 1. The fraction of sp³-hybridized carbons (Fsp3) is 0.263. The summed E-state index contributed by atoms with van der Waals surface area (Å²) in [6.45, 7) is 5.37. The van der Waals surface area contributed by atoms with Gasteiger partial charge in [-0.2, -0.15) is 5.10 Å². The van der Waals surface area contributed by atoms with E-state index in [-0.39, 0.29) is 0 Å². The van der Waals surface area contributed by atoms with Crippen LogP contribution in [0.25, 0.3) is 16.8 Å². The summed E-state index contributed by atoms with van der Waals surface area (Å²) in [7, 11) is 1.67. The molecule has 0 amide bonds. The molecule has 1 aromatic carbocycles. The van der Waals surface area contributed by atoms with Crippen molar-refractivity contribution in [3.05, 3.63) is 65.9 Å². The Labute approximate surface area is 142 Å². The van der Waals surface area contributed by atoms with Gasteiger partial charge in [-0.15, -0.1) is 0 Å². The molecule has 0 saturated carbocycles. The van der Waals surface area contributed by atoms with E-state index in [1.807, 2.05) is 37.5 Å². The molecular weight excluding hydrogens is 300 g/mol. The first-order valence-electron chi connectivity index (χ1n) is 7.99. The van der Waals surface area contributed by atoms with E-state index < -0.39 is 0 Å². The van der Waals surface area contributed by atoms with Crippen molar-refractivity contribution in [1.29, 1.82) is 0 Å². The number of nitrogens with zero attached hydrogens (tertiary/aromatic N) is 3. The second-order valence-electron chi connectivity index (χ2n) is 5.72. The van der Waals surface area contributed by atoms with Gasteiger partial charge in [0.25, 0.3) is 0 Å². The fourth-order valence-electron chi connectivity index (χ4n) is 2.76. The van der Waals surface area contributed by atoms with E-state index in [0.29, 0.717) is 13.2 Å². The van der Waals surface area contributed by atoms with Crippen LogP contribution in [0.15, 0.2) is 48.8 Å². The molecule has 5 nitrogen and oxygen atoms in total. The van der Waals surface area contributed by atoms with Gasteiger partial charge >= 0.3 is 0 Å². The van der Waals surface area contributed by atoms with E-state index in [9.17, 15) is 0 Å². The Hall–Kier alpha value is -2.66. The van der Waals surface area contributed by atoms with Crippen LogP contribution in [0, 0.1) is 0 Å². The standard InChI is InChI=1S/C19H22N4O/c1-4-14(2)19-18(15-8-6-5-7-9-15)20-13-23(19)11-16-10-17(12-24-3)22-21-16/h4-10,13H,11-12H2,1-3H3,(H,21,22). The smallest absolute Gasteiger partial charge is 0.0962 e. The maximum atomic E-state index is 5.12. The Morgan fingerprint density at radius 3 is 2.79 bits per heavy atom. The first kappa shape index (κ1) is 16.2. The number of hydrogen-bond acceptors (Lipinski definition) is 3. The molecule has 5 heteroatoms. The van der Waals surface area contributed by atoms with Crippen molar-refractivity contribution < 1.29 is 4.74 Å². The summed E-state index contributed by atoms with van der Waals surface area (Å²) < 4.78 is 7.28. The molecule has 0 aliphatic rings. The third kappa shape index (κ3) is 3.31. The number of hydrogen-bond donors (Lipinski definition) is 1. The second kappa shape index (κ2) is 7.27. The second-order valence-corrected chi connectivity index (χ2v) is 5.72. The summed E-state index contributed by atoms with van der Waals surface area (Å²) in [6.07, 6.45) is 4.00. The lowest BCUT2D eigenvalue weighted by molar-refractivity contribution is 0.181. The summed E-state index contributed by atoms with van der Waals surface area (Å²) in [5, 5.41) is 7.34. The molecule has 2 heterocycles. The third-order valence-electron chi connectivity index (χ3n) is 4.01. The van der Waals surface area contributed by atoms with Crippen LogP contribution in [-0.2, 0) is 17.9 Å². The predicted molar refractivity (Wildman–Crippen MR) is 95.4 cm³/mol. The van der Waals surface area contributed by atoms with Crippen LogP contribution in [0.4, 0.5) is 0 Å². The molecule has 0 unspecified atom stereocenters. The average Bonchev–Trinajstić information content (AvgIpc) is 3.23. The molecule has 3 rings (SSSR count). The number of rotatable bonds is 6. The average molecular weight is 322 g/mol. The minimum atomic E-state index is 0.510. The van der Waals surface area contributed by atoms with Crippen molar-refractivity contribution in [2.45, 2.75) is 27.0 Å². The predicted octanol–water partition coefficient (Wildman–Crippen LogP) is 3.89. The number of imidazole rings is 1. The number of ether oxygens (including phenoxy) is 1. The third-order valence-corrected chi connectivity index (χ3v) is 4.01. The van der Waals surface area contributed by atoms with Crippen molar-refractivity contribution in [3.63, 3.8) is 0 Å². The largest absolute Gasteiger partial charge is 0.378 e. The lowest BCUT2D eigenvalue weighted by Gasteiger charge is -2.10. The van der Waals surface area contributed by atoms with Crippen LogP contribution < -0.4 is 0 Å². The van der Waals surface area contributed by atoms with Crippen LogP contribution in [0.5, 0.6) is 0 Å². The van der Waals surface area contributed by atoms with Gasteiger partial charge in [0, 0.05) is 12.7 Å². The minimum Gasteiger partial charge on any atom is -0.378 e. The summed E-state index contributed by atoms with van der Waals surface area (Å²) in [5.41, 5.74) is 6.39. The van der Waals surface area contributed by atoms with Gasteiger partial charge in [-0.25, -0.2) is 4.98 Å². The van der Waals surface area contributed by atoms with Crippen molar-refractivity contribution in [2.24, 2.45) is 0 Å². The maximum Gasteiger partial charge on any atom is 0.0962 e. The highest BCUT2D eigenvalue weighted by Gasteiger charge is 2.15. The molecular formula is C19H22N4O. The highest BCUT2D eigenvalue weighted by atomic mass is 16.5. The Kier molecular flexibility index (Phi) is 4.91. The molecule has 2 aromatic heterocycles. The van der Waals surface area contributed by atoms with Crippen molar-refractivity contribution >= 4 is 5.57 Å². The number of benzene rings is 1. The summed E-state index contributed by atoms with van der Waals surface area (Å²) in [6, 6.07) is 12.3. The summed E-state index contributed by atoms with van der Waals surface area (Å²) in [5.74, 6) is 0. The Balaban J connectivity index is 1.97. The normalized spacial score (nSPS) is 11.9. The summed E-state index contributed by atoms with van der Waals surface area (Å²) >= 11 is 0. The molecule has 3 aromatic rings. The molecule has 124 valence electrons. The van der Waals surface area contributed by atoms with Gasteiger partial charge in [-0.05, 0) is 25.5 Å². The Morgan fingerprint density at radius 1 is 1.29 bits per heavy atom. The molecule has 0 atom stereocenters. The monoisotopic (exact) mass is 322 g/mol. The van der Waals surface area contributed by atoms with Crippen LogP contribution in [0.3, 0.4) is 0 Å². The van der Waals surface area contributed by atoms with E-state index in [4.69, 9.17) is 4.74 Å². The number of aromatic nitrogens is 4. The van der Waals surface area contributed by atoms with Gasteiger partial charge in [0.15, 0.2) is 0 Å². The fourth-order valence-corrected chi connectivity index (χ4v) is 2.76. The molecule has 24 heavy (non-hydrogen) atoms. The lowest BCUT2D eigenvalue weighted by Crippen LogP contribution is -2.03. The zero-order valence-electron chi connectivity index (χ0n) is 14.3. The van der Waals surface area contributed by atoms with Gasteiger partial charge < -0.3 is 9.30 Å². The molecule has 0 bridgehead atoms. The van der Waals surface area contributed by atoms with E-state index in [0.717, 1.165) is 28.3 Å². The number of H-pyrrole nitrogens is 1. The lowest BCUT2D eigenvalue weighted by atomic mass is 10.1. The summed E-state index contributed by atoms with van der Waals surface area (Å²) in [4.78, 5) is 4.66. The number of allylic oxidation sites excluding steroid dienone is 2. The first-order chi connectivity index (χ1) is 11.7. The highest BCUT2D eigenvalue weighted by Crippen LogP contribution is 2.28. The van der Waals surface area contributed by atoms with Crippen LogP contribution >= 0.6 is 0 Å². The Morgan fingerprint density at radius 2 is 2.08 bits per heavy atom. The number of methoxy groups -OCH3 is 1. The molecule has 0 radical (unpaired) electrons. The molecule has 1 N–H and O–H groups in total. The van der Waals surface area contributed by atoms with Crippen LogP contribution in [-0.4, -0.2) is 26.9 Å². The quantitative estimate of drug-likeness (QED) is 0.749. The van der Waals surface area contributed by atoms with Gasteiger partial charge in [-0.3, -0.25) is 5.10 Å². The van der Waals surface area contributed by atoms with E-state index >= 15 is 0 Å². The van der Waals surface area contributed by atoms with Crippen molar-refractivity contribution in [2.75, 3.05) is 7.11 Å². The topological polar surface area (TPSA) is 55.7 Å². The van der Waals surface area contributed by atoms with Gasteiger partial charge in [-0.1, -0.05) is 36.4 Å². The maximum absolute atomic E-state index is 5.12. The molecule has 0 saturated heterocycles. The molecule has 0 aliphatic heterocycles. The van der Waals surface area contributed by atoms with Gasteiger partial charge in [0.2, 0.25) is 0 Å². The molecule has 0 spiro atoms.